The second-order valence-corrected chi connectivity index (χ2v) is 2.45. The number of carboxylic acids is 1. The molecule has 0 aliphatic heterocycles. The fourth-order valence-corrected chi connectivity index (χ4v) is 0.949. The molecule has 0 radical (unpaired) electrons. The maximum atomic E-state index is 10.5. The number of aromatic hydroxyl groups is 1. The summed E-state index contributed by atoms with van der Waals surface area (Å²) in [6, 6.07) is 4.04. The van der Waals surface area contributed by atoms with Gasteiger partial charge >= 0.3 is 5.97 Å². The first kappa shape index (κ1) is 9.12. The minimum atomic E-state index is -1.25. The number of benzene rings is 1. The van der Waals surface area contributed by atoms with E-state index in [-0.39, 0.29) is 16.9 Å². The SMILES string of the molecule is C=C(O)c1cccc(C(=O)O)c1O. The molecule has 4 nitrogen and oxygen atoms in total. The second kappa shape index (κ2) is 3.18. The van der Waals surface area contributed by atoms with Crippen LogP contribution in [-0.2, 0) is 0 Å². The third-order valence-corrected chi connectivity index (χ3v) is 1.58. The van der Waals surface area contributed by atoms with Gasteiger partial charge in [-0.15, -0.1) is 0 Å². The summed E-state index contributed by atoms with van der Waals surface area (Å²) in [5.74, 6) is -2.08. The molecule has 1 rings (SSSR count). The summed E-state index contributed by atoms with van der Waals surface area (Å²) in [5.41, 5.74) is -0.229. The maximum Gasteiger partial charge on any atom is 0.339 e. The van der Waals surface area contributed by atoms with Crippen molar-refractivity contribution in [3.8, 4) is 5.75 Å². The standard InChI is InChI=1S/C9H8O4/c1-5(10)6-3-2-4-7(8(6)11)9(12)13/h2-4,10-11H,1H2,(H,12,13). The highest BCUT2D eigenvalue weighted by molar-refractivity contribution is 5.92. The minimum Gasteiger partial charge on any atom is -0.508 e. The lowest BCUT2D eigenvalue weighted by Gasteiger charge is -2.04. The molecule has 3 N–H and O–H groups in total. The van der Waals surface area contributed by atoms with Crippen molar-refractivity contribution in [1.29, 1.82) is 0 Å². The van der Waals surface area contributed by atoms with Gasteiger partial charge in [0.2, 0.25) is 0 Å². The molecular weight excluding hydrogens is 172 g/mol. The van der Waals surface area contributed by atoms with Crippen LogP contribution in [0.4, 0.5) is 0 Å². The van der Waals surface area contributed by atoms with Gasteiger partial charge in [-0.05, 0) is 12.1 Å². The summed E-state index contributed by atoms with van der Waals surface area (Å²) in [6.45, 7) is 3.19. The number of carboxylic acid groups (broad SMARTS) is 1. The first-order valence-corrected chi connectivity index (χ1v) is 3.47. The molecule has 0 bridgehead atoms. The first-order chi connectivity index (χ1) is 6.04. The maximum absolute atomic E-state index is 10.5. The van der Waals surface area contributed by atoms with Gasteiger partial charge in [-0.3, -0.25) is 0 Å². The fourth-order valence-electron chi connectivity index (χ4n) is 0.949. The zero-order chi connectivity index (χ0) is 10.0. The van der Waals surface area contributed by atoms with Crippen molar-refractivity contribution in [2.75, 3.05) is 0 Å². The van der Waals surface area contributed by atoms with E-state index in [4.69, 9.17) is 10.2 Å². The lowest BCUT2D eigenvalue weighted by molar-refractivity contribution is 0.0693. The van der Waals surface area contributed by atoms with E-state index >= 15 is 0 Å². The van der Waals surface area contributed by atoms with E-state index in [1.54, 1.807) is 0 Å². The van der Waals surface area contributed by atoms with E-state index in [2.05, 4.69) is 6.58 Å². The topological polar surface area (TPSA) is 77.8 Å². The highest BCUT2D eigenvalue weighted by Crippen LogP contribution is 2.26. The van der Waals surface area contributed by atoms with Crippen molar-refractivity contribution in [3.05, 3.63) is 35.9 Å². The molecule has 0 fully saturated rings. The van der Waals surface area contributed by atoms with E-state index < -0.39 is 11.7 Å². The third kappa shape index (κ3) is 1.61. The molecule has 4 heteroatoms. The molecule has 1 aromatic carbocycles. The molecule has 0 atom stereocenters. The zero-order valence-electron chi connectivity index (χ0n) is 6.69. The summed E-state index contributed by atoms with van der Waals surface area (Å²) in [4.78, 5) is 10.5. The van der Waals surface area contributed by atoms with Gasteiger partial charge in [0.1, 0.15) is 17.1 Å². The molecule has 68 valence electrons. The third-order valence-electron chi connectivity index (χ3n) is 1.58. The van der Waals surface area contributed by atoms with Gasteiger partial charge in [0.25, 0.3) is 0 Å². The molecule has 0 aliphatic carbocycles. The molecule has 13 heavy (non-hydrogen) atoms. The molecule has 0 aromatic heterocycles. The van der Waals surface area contributed by atoms with E-state index in [0.29, 0.717) is 0 Å². The van der Waals surface area contributed by atoms with Crippen LogP contribution < -0.4 is 0 Å². The van der Waals surface area contributed by atoms with Gasteiger partial charge in [0.15, 0.2) is 0 Å². The van der Waals surface area contributed by atoms with Gasteiger partial charge in [0.05, 0.1) is 5.56 Å². The Bertz CT molecular complexity index is 336. The van der Waals surface area contributed by atoms with E-state index in [1.165, 1.54) is 18.2 Å². The number of aliphatic hydroxyl groups is 1. The Kier molecular flexibility index (Phi) is 2.23. The minimum absolute atomic E-state index is 0.0277. The van der Waals surface area contributed by atoms with Crippen LogP contribution in [-0.4, -0.2) is 21.3 Å². The van der Waals surface area contributed by atoms with E-state index in [1.807, 2.05) is 0 Å². The number of para-hydroxylation sites is 1. The summed E-state index contributed by atoms with van der Waals surface area (Å²) >= 11 is 0. The lowest BCUT2D eigenvalue weighted by atomic mass is 10.1. The van der Waals surface area contributed by atoms with Crippen molar-refractivity contribution in [2.24, 2.45) is 0 Å². The van der Waals surface area contributed by atoms with Crippen molar-refractivity contribution in [2.45, 2.75) is 0 Å². The van der Waals surface area contributed by atoms with Crippen LogP contribution in [0.1, 0.15) is 15.9 Å². The number of aromatic carboxylic acids is 1. The molecule has 0 aliphatic rings. The van der Waals surface area contributed by atoms with Crippen molar-refractivity contribution in [3.63, 3.8) is 0 Å². The Morgan fingerprint density at radius 3 is 2.23 bits per heavy atom. The molecule has 0 saturated heterocycles. The number of hydrogen-bond acceptors (Lipinski definition) is 3. The van der Waals surface area contributed by atoms with E-state index in [9.17, 15) is 9.90 Å². The highest BCUT2D eigenvalue weighted by atomic mass is 16.4. The number of rotatable bonds is 2. The van der Waals surface area contributed by atoms with Crippen LogP contribution >= 0.6 is 0 Å². The van der Waals surface area contributed by atoms with Crippen molar-refractivity contribution in [1.82, 2.24) is 0 Å². The van der Waals surface area contributed by atoms with E-state index in [0.717, 1.165) is 0 Å². The van der Waals surface area contributed by atoms with Gasteiger partial charge in [0, 0.05) is 0 Å². The predicted octanol–water partition coefficient (Wildman–Crippen LogP) is 1.62. The fraction of sp³-hybridized carbons (Fsp3) is 0. The Labute approximate surface area is 74.4 Å². The van der Waals surface area contributed by atoms with Crippen LogP contribution in [0.5, 0.6) is 5.75 Å². The summed E-state index contributed by atoms with van der Waals surface area (Å²) in [7, 11) is 0. The second-order valence-electron chi connectivity index (χ2n) is 2.45. The monoisotopic (exact) mass is 180 g/mol. The number of aliphatic hydroxyl groups excluding tert-OH is 1. The Hall–Kier alpha value is -1.97. The molecule has 0 amide bonds. The number of carbonyl (C=O) groups is 1. The molecule has 0 spiro atoms. The van der Waals surface area contributed by atoms with Crippen LogP contribution in [0.15, 0.2) is 24.8 Å². The normalized spacial score (nSPS) is 9.54. The molecule has 1 aromatic rings. The Morgan fingerprint density at radius 2 is 1.77 bits per heavy atom. The van der Waals surface area contributed by atoms with Crippen molar-refractivity contribution >= 4 is 11.7 Å². The number of phenols is 1. The average Bonchev–Trinajstić information content (AvgIpc) is 2.03. The molecule has 0 heterocycles. The molecule has 0 saturated carbocycles. The van der Waals surface area contributed by atoms with Crippen molar-refractivity contribution < 1.29 is 20.1 Å². The average molecular weight is 180 g/mol. The summed E-state index contributed by atoms with van der Waals surface area (Å²) in [6.07, 6.45) is 0. The van der Waals surface area contributed by atoms with Crippen LogP contribution in [0.25, 0.3) is 5.76 Å². The van der Waals surface area contributed by atoms with Gasteiger partial charge in [-0.2, -0.15) is 0 Å². The Morgan fingerprint density at radius 1 is 1.23 bits per heavy atom. The zero-order valence-corrected chi connectivity index (χ0v) is 6.69. The number of hydrogen-bond donors (Lipinski definition) is 3. The van der Waals surface area contributed by atoms with Gasteiger partial charge in [-0.25, -0.2) is 4.79 Å². The van der Waals surface area contributed by atoms with Gasteiger partial charge < -0.3 is 15.3 Å². The molecular formula is C9H8O4. The van der Waals surface area contributed by atoms with Crippen LogP contribution in [0.2, 0.25) is 0 Å². The quantitative estimate of drug-likeness (QED) is 0.604. The lowest BCUT2D eigenvalue weighted by Crippen LogP contribution is -1.98. The summed E-state index contributed by atoms with van der Waals surface area (Å²) < 4.78 is 0. The first-order valence-electron chi connectivity index (χ1n) is 3.47. The largest absolute Gasteiger partial charge is 0.508 e. The highest BCUT2D eigenvalue weighted by Gasteiger charge is 2.13. The summed E-state index contributed by atoms with van der Waals surface area (Å²) in [5, 5.41) is 26.9. The predicted molar refractivity (Wildman–Crippen MR) is 46.7 cm³/mol. The van der Waals surface area contributed by atoms with Crippen LogP contribution in [0, 0.1) is 0 Å². The molecule has 0 unspecified atom stereocenters. The van der Waals surface area contributed by atoms with Crippen LogP contribution in [0.3, 0.4) is 0 Å². The van der Waals surface area contributed by atoms with Gasteiger partial charge in [-0.1, -0.05) is 12.6 Å². The smallest absolute Gasteiger partial charge is 0.339 e. The Balaban J connectivity index is 3.35.